The second kappa shape index (κ2) is 7.08. The molecule has 0 aromatic carbocycles. The molecule has 1 heterocycles. The average molecular weight is 297 g/mol. The standard InChI is InChI=1S/C12H15N3O6/c1-6(14-11(18)8-3-2-4-21-8)10(17)15-7(12(19)20)5-9(13)16/h2-4,6-7H,5H2,1H3,(H2,13,16)(H,14,18)(H,15,17)(H,19,20)/t6?,7-/m0/s1. The van der Waals surface area contributed by atoms with Crippen molar-refractivity contribution in [3.63, 3.8) is 0 Å². The number of carboxylic acids is 1. The van der Waals surface area contributed by atoms with Gasteiger partial charge < -0.3 is 25.9 Å². The molecule has 0 saturated heterocycles. The van der Waals surface area contributed by atoms with Gasteiger partial charge in [-0.2, -0.15) is 0 Å². The largest absolute Gasteiger partial charge is 0.480 e. The number of hydrogen-bond donors (Lipinski definition) is 4. The van der Waals surface area contributed by atoms with Crippen molar-refractivity contribution in [2.75, 3.05) is 0 Å². The molecule has 1 aromatic heterocycles. The van der Waals surface area contributed by atoms with Crippen LogP contribution < -0.4 is 16.4 Å². The summed E-state index contributed by atoms with van der Waals surface area (Å²) in [5, 5.41) is 13.3. The van der Waals surface area contributed by atoms with Gasteiger partial charge in [0.25, 0.3) is 5.91 Å². The third kappa shape index (κ3) is 4.97. The van der Waals surface area contributed by atoms with Crippen LogP contribution in [-0.4, -0.2) is 40.9 Å². The first-order valence-electron chi connectivity index (χ1n) is 5.97. The molecule has 0 fully saturated rings. The first-order valence-corrected chi connectivity index (χ1v) is 5.97. The zero-order valence-electron chi connectivity index (χ0n) is 11.2. The van der Waals surface area contributed by atoms with E-state index in [1.807, 2.05) is 0 Å². The van der Waals surface area contributed by atoms with Crippen LogP contribution in [0.15, 0.2) is 22.8 Å². The number of hydrogen-bond acceptors (Lipinski definition) is 5. The van der Waals surface area contributed by atoms with Crippen LogP contribution in [0.5, 0.6) is 0 Å². The molecule has 1 unspecified atom stereocenters. The Morgan fingerprint density at radius 2 is 2.00 bits per heavy atom. The smallest absolute Gasteiger partial charge is 0.326 e. The predicted molar refractivity (Wildman–Crippen MR) is 69.0 cm³/mol. The summed E-state index contributed by atoms with van der Waals surface area (Å²) >= 11 is 0. The number of nitrogens with two attached hydrogens (primary N) is 1. The molecule has 0 aliphatic heterocycles. The Balaban J connectivity index is 2.59. The zero-order valence-corrected chi connectivity index (χ0v) is 11.2. The maximum Gasteiger partial charge on any atom is 0.326 e. The predicted octanol–water partition coefficient (Wildman–Crippen LogP) is -1.16. The van der Waals surface area contributed by atoms with Gasteiger partial charge in [0.05, 0.1) is 12.7 Å². The third-order valence-corrected chi connectivity index (χ3v) is 2.51. The molecule has 9 nitrogen and oxygen atoms in total. The summed E-state index contributed by atoms with van der Waals surface area (Å²) in [6, 6.07) is 0.454. The Labute approximate surface area is 119 Å². The molecule has 0 spiro atoms. The normalized spacial score (nSPS) is 13.0. The van der Waals surface area contributed by atoms with Gasteiger partial charge in [0, 0.05) is 0 Å². The van der Waals surface area contributed by atoms with E-state index in [0.29, 0.717) is 0 Å². The van der Waals surface area contributed by atoms with Gasteiger partial charge in [-0.05, 0) is 19.1 Å². The van der Waals surface area contributed by atoms with Crippen LogP contribution in [0.25, 0.3) is 0 Å². The Morgan fingerprint density at radius 3 is 2.48 bits per heavy atom. The van der Waals surface area contributed by atoms with Crippen molar-refractivity contribution in [2.24, 2.45) is 5.73 Å². The monoisotopic (exact) mass is 297 g/mol. The molecule has 3 amide bonds. The molecule has 9 heteroatoms. The maximum atomic E-state index is 11.8. The van der Waals surface area contributed by atoms with Gasteiger partial charge in [0.1, 0.15) is 12.1 Å². The van der Waals surface area contributed by atoms with E-state index >= 15 is 0 Å². The Hall–Kier alpha value is -2.84. The highest BCUT2D eigenvalue weighted by atomic mass is 16.4. The zero-order chi connectivity index (χ0) is 16.0. The van der Waals surface area contributed by atoms with E-state index in [1.54, 1.807) is 0 Å². The molecule has 0 aliphatic carbocycles. The lowest BCUT2D eigenvalue weighted by molar-refractivity contribution is -0.143. The van der Waals surface area contributed by atoms with Crippen molar-refractivity contribution in [1.29, 1.82) is 0 Å². The lowest BCUT2D eigenvalue weighted by atomic mass is 10.2. The van der Waals surface area contributed by atoms with Gasteiger partial charge in [-0.15, -0.1) is 0 Å². The number of rotatable bonds is 7. The molecule has 1 aromatic rings. The summed E-state index contributed by atoms with van der Waals surface area (Å²) in [4.78, 5) is 45.0. The van der Waals surface area contributed by atoms with Gasteiger partial charge in [-0.25, -0.2) is 4.79 Å². The summed E-state index contributed by atoms with van der Waals surface area (Å²) in [5.41, 5.74) is 4.89. The van der Waals surface area contributed by atoms with Crippen LogP contribution >= 0.6 is 0 Å². The van der Waals surface area contributed by atoms with Gasteiger partial charge >= 0.3 is 5.97 Å². The van der Waals surface area contributed by atoms with Crippen LogP contribution in [0.2, 0.25) is 0 Å². The van der Waals surface area contributed by atoms with Crippen LogP contribution in [-0.2, 0) is 14.4 Å². The van der Waals surface area contributed by atoms with E-state index in [2.05, 4.69) is 10.6 Å². The minimum absolute atomic E-state index is 0.0153. The Morgan fingerprint density at radius 1 is 1.33 bits per heavy atom. The fourth-order valence-electron chi connectivity index (χ4n) is 1.44. The molecule has 0 radical (unpaired) electrons. The van der Waals surface area contributed by atoms with Crippen molar-refractivity contribution in [3.8, 4) is 0 Å². The van der Waals surface area contributed by atoms with Crippen molar-refractivity contribution >= 4 is 23.7 Å². The van der Waals surface area contributed by atoms with E-state index in [1.165, 1.54) is 25.3 Å². The molecular formula is C12H15N3O6. The Kier molecular flexibility index (Phi) is 5.47. The molecule has 0 bridgehead atoms. The van der Waals surface area contributed by atoms with Crippen molar-refractivity contribution < 1.29 is 28.7 Å². The molecule has 1 rings (SSSR count). The van der Waals surface area contributed by atoms with Crippen molar-refractivity contribution in [2.45, 2.75) is 25.4 Å². The maximum absolute atomic E-state index is 11.8. The minimum atomic E-state index is -1.45. The van der Waals surface area contributed by atoms with E-state index in [0.717, 1.165) is 0 Å². The fraction of sp³-hybridized carbons (Fsp3) is 0.333. The topological polar surface area (TPSA) is 152 Å². The summed E-state index contributed by atoms with van der Waals surface area (Å²) < 4.78 is 4.85. The summed E-state index contributed by atoms with van der Waals surface area (Å²) in [6.45, 7) is 1.36. The quantitative estimate of drug-likeness (QED) is 0.498. The number of primary amides is 1. The average Bonchev–Trinajstić information content (AvgIpc) is 2.90. The first-order chi connectivity index (χ1) is 9.81. The highest BCUT2D eigenvalue weighted by Crippen LogP contribution is 2.00. The summed E-state index contributed by atoms with van der Waals surface area (Å²) in [6.07, 6.45) is 0.757. The van der Waals surface area contributed by atoms with Crippen LogP contribution in [0, 0.1) is 0 Å². The van der Waals surface area contributed by atoms with Gasteiger partial charge in [-0.3, -0.25) is 14.4 Å². The molecular weight excluding hydrogens is 282 g/mol. The van der Waals surface area contributed by atoms with Crippen molar-refractivity contribution in [3.05, 3.63) is 24.2 Å². The highest BCUT2D eigenvalue weighted by molar-refractivity contribution is 5.96. The molecule has 0 aliphatic rings. The number of carboxylic acid groups (broad SMARTS) is 1. The molecule has 114 valence electrons. The van der Waals surface area contributed by atoms with E-state index < -0.39 is 42.2 Å². The second-order valence-corrected chi connectivity index (χ2v) is 4.24. The van der Waals surface area contributed by atoms with Gasteiger partial charge in [0.2, 0.25) is 11.8 Å². The summed E-state index contributed by atoms with van der Waals surface area (Å²) in [5.74, 6) is -3.63. The highest BCUT2D eigenvalue weighted by Gasteiger charge is 2.25. The first kappa shape index (κ1) is 16.2. The number of aliphatic carboxylic acids is 1. The number of amides is 3. The lowest BCUT2D eigenvalue weighted by Gasteiger charge is -2.17. The fourth-order valence-corrected chi connectivity index (χ4v) is 1.44. The molecule has 21 heavy (non-hydrogen) atoms. The third-order valence-electron chi connectivity index (χ3n) is 2.51. The summed E-state index contributed by atoms with van der Waals surface area (Å²) in [7, 11) is 0. The lowest BCUT2D eigenvalue weighted by Crippen LogP contribution is -2.51. The van der Waals surface area contributed by atoms with Crippen LogP contribution in [0.1, 0.15) is 23.9 Å². The van der Waals surface area contributed by atoms with Gasteiger partial charge in [-0.1, -0.05) is 0 Å². The van der Waals surface area contributed by atoms with Crippen molar-refractivity contribution in [1.82, 2.24) is 10.6 Å². The number of furan rings is 1. The van der Waals surface area contributed by atoms with E-state index in [9.17, 15) is 19.2 Å². The van der Waals surface area contributed by atoms with E-state index in [-0.39, 0.29) is 5.76 Å². The molecule has 2 atom stereocenters. The molecule has 0 saturated carbocycles. The van der Waals surface area contributed by atoms with Gasteiger partial charge in [0.15, 0.2) is 5.76 Å². The number of nitrogens with one attached hydrogen (secondary N) is 2. The number of carbonyl (C=O) groups is 4. The minimum Gasteiger partial charge on any atom is -0.480 e. The van der Waals surface area contributed by atoms with Crippen LogP contribution in [0.3, 0.4) is 0 Å². The Bertz CT molecular complexity index is 539. The SMILES string of the molecule is CC(NC(=O)c1ccco1)C(=O)N[C@@H](CC(N)=O)C(=O)O. The second-order valence-electron chi connectivity index (χ2n) is 4.24. The molecule has 5 N–H and O–H groups in total. The van der Waals surface area contributed by atoms with E-state index in [4.69, 9.17) is 15.3 Å². The van der Waals surface area contributed by atoms with Crippen LogP contribution in [0.4, 0.5) is 0 Å². The number of carbonyl (C=O) groups excluding carboxylic acids is 3.